The molecule has 0 atom stereocenters. The van der Waals surface area contributed by atoms with Crippen molar-refractivity contribution < 1.29 is 0 Å². The van der Waals surface area contributed by atoms with E-state index in [2.05, 4.69) is 451 Å². The number of fused-ring (bicyclic) bond motifs is 22. The number of aromatic nitrogens is 6. The molecule has 6 heteroatoms. The lowest BCUT2D eigenvalue weighted by atomic mass is 9.67. The summed E-state index contributed by atoms with van der Waals surface area (Å²) in [6.07, 6.45) is 6.32. The van der Waals surface area contributed by atoms with E-state index < -0.39 is 5.41 Å². The Hall–Kier alpha value is -15.6. The van der Waals surface area contributed by atoms with Crippen molar-refractivity contribution in [1.29, 1.82) is 0 Å². The van der Waals surface area contributed by atoms with E-state index in [1.807, 2.05) is 13.5 Å². The number of hydrogen-bond donors (Lipinski definition) is 0. The molecule has 6 aromatic heterocycles. The lowest BCUT2D eigenvalue weighted by molar-refractivity contribution is 0.660. The first-order valence-electron chi connectivity index (χ1n) is 42.2. The highest BCUT2D eigenvalue weighted by Crippen LogP contribution is 2.64. The molecule has 1 spiro atoms. The zero-order valence-corrected chi connectivity index (χ0v) is 67.3. The molecular weight excluding hydrogens is 1480 g/mol. The Morgan fingerprint density at radius 1 is 0.180 bits per heavy atom. The quantitative estimate of drug-likeness (QED) is 0.152. The smallest absolute Gasteiger partial charge is 0.0933 e. The molecule has 0 N–H and O–H groups in total. The van der Waals surface area contributed by atoms with E-state index >= 15 is 0 Å². The minimum Gasteiger partial charge on any atom is -0.240 e. The Labute approximate surface area is 707 Å². The molecule has 26 rings (SSSR count). The molecule has 0 saturated carbocycles. The molecule has 4 aliphatic rings. The summed E-state index contributed by atoms with van der Waals surface area (Å²) in [5.41, 5.74) is 40.4. The molecule has 0 radical (unpaired) electrons. The largest absolute Gasteiger partial charge is 0.240 e. The van der Waals surface area contributed by atoms with E-state index in [4.69, 9.17) is 15.3 Å². The van der Waals surface area contributed by atoms with Gasteiger partial charge >= 0.3 is 0 Å². The van der Waals surface area contributed by atoms with Gasteiger partial charge in [0, 0.05) is 56.9 Å². The van der Waals surface area contributed by atoms with Crippen LogP contribution in [0.25, 0.3) is 161 Å². The molecule has 572 valence electrons. The van der Waals surface area contributed by atoms with Crippen molar-refractivity contribution in [1.82, 2.24) is 28.8 Å². The van der Waals surface area contributed by atoms with Crippen LogP contribution in [0, 0.1) is 0 Å². The first kappa shape index (κ1) is 70.6. The summed E-state index contributed by atoms with van der Waals surface area (Å²) >= 11 is 0. The average molecular weight is 1560 g/mol. The molecule has 0 unspecified atom stereocenters. The fourth-order valence-electron chi connectivity index (χ4n) is 20.7. The maximum Gasteiger partial charge on any atom is 0.0933 e. The highest BCUT2D eigenvalue weighted by molar-refractivity contribution is 5.98. The summed E-state index contributed by atoms with van der Waals surface area (Å²) in [4.78, 5) is 0. The van der Waals surface area contributed by atoms with Gasteiger partial charge in [-0.1, -0.05) is 378 Å². The number of benzene rings is 16. The first-order valence-corrected chi connectivity index (χ1v) is 42.2. The van der Waals surface area contributed by atoms with Gasteiger partial charge in [-0.25, -0.2) is 13.5 Å². The van der Waals surface area contributed by atoms with Gasteiger partial charge in [0.1, 0.15) is 0 Å². The fourth-order valence-corrected chi connectivity index (χ4v) is 20.7. The standard InChI is InChI=1S/C42H26N2.C42H28N2.C32H24N2/c1-2-10-31-26-44-32(23-29(31)9-1)25-41(43-44)28-19-17-27(18-20-28)30-21-22-36-35-13-5-8-16-39(35)42(40(36)24-30)37-14-6-3-11-33(37)34-12-4-7-15-38(34)42;1-3-13-34(14-4-1)42(35-15-5-2-6-16-35)39-18-10-9-17-37(39)38-24-23-32(26-40(38)42)29-19-21-30(22-20-29)41-27-36-25-31-11-7-8-12-33(31)28-44(36)43-41;1-32(2)29-10-6-5-9-27(29)28-16-15-24(18-30(28)32)21-11-13-22(14-12-21)31-19-26-17-23-7-3-4-8-25(23)20-34(26)33-31/h1-26H;1-28H;3-20H,1-2H3. The second kappa shape index (κ2) is 27.8. The normalized spacial score (nSPS) is 13.5. The highest BCUT2D eigenvalue weighted by Gasteiger charge is 2.52. The second-order valence-electron chi connectivity index (χ2n) is 33.5. The summed E-state index contributed by atoms with van der Waals surface area (Å²) in [5.74, 6) is 0. The van der Waals surface area contributed by atoms with E-state index in [0.717, 1.165) is 50.3 Å². The predicted octanol–water partition coefficient (Wildman–Crippen LogP) is 28.5. The van der Waals surface area contributed by atoms with Gasteiger partial charge in [-0.3, -0.25) is 0 Å². The van der Waals surface area contributed by atoms with Crippen LogP contribution in [0.4, 0.5) is 0 Å². The van der Waals surface area contributed by atoms with Crippen molar-refractivity contribution in [2.24, 2.45) is 0 Å². The number of rotatable bonds is 8. The Morgan fingerprint density at radius 3 is 0.779 bits per heavy atom. The van der Waals surface area contributed by atoms with Gasteiger partial charge < -0.3 is 0 Å². The Bertz CT molecular complexity index is 7440. The zero-order chi connectivity index (χ0) is 80.8. The van der Waals surface area contributed by atoms with Crippen LogP contribution in [0.2, 0.25) is 0 Å². The Kier molecular flexibility index (Phi) is 16.1. The van der Waals surface area contributed by atoms with Crippen molar-refractivity contribution in [2.75, 3.05) is 0 Å². The molecule has 0 fully saturated rings. The molecule has 16 aromatic carbocycles. The Morgan fingerprint density at radius 2 is 0.426 bits per heavy atom. The van der Waals surface area contributed by atoms with E-state index in [0.29, 0.717) is 0 Å². The maximum atomic E-state index is 4.91. The van der Waals surface area contributed by atoms with Gasteiger partial charge in [0.15, 0.2) is 0 Å². The van der Waals surface area contributed by atoms with Crippen molar-refractivity contribution in [3.05, 3.63) is 493 Å². The monoisotopic (exact) mass is 1550 g/mol. The highest BCUT2D eigenvalue weighted by atomic mass is 15.2. The van der Waals surface area contributed by atoms with Crippen LogP contribution >= 0.6 is 0 Å². The zero-order valence-electron chi connectivity index (χ0n) is 67.3. The number of pyridine rings is 3. The molecule has 22 aromatic rings. The summed E-state index contributed by atoms with van der Waals surface area (Å²) < 4.78 is 5.95. The average Bonchev–Trinajstić information content (AvgIpc) is 1.51. The second-order valence-corrected chi connectivity index (χ2v) is 33.5. The van der Waals surface area contributed by atoms with Crippen LogP contribution in [-0.2, 0) is 16.2 Å². The first-order chi connectivity index (χ1) is 60.1. The molecule has 0 bridgehead atoms. The molecule has 122 heavy (non-hydrogen) atoms. The number of hydrogen-bond acceptors (Lipinski definition) is 3. The van der Waals surface area contributed by atoms with Crippen LogP contribution in [0.5, 0.6) is 0 Å². The molecule has 0 aliphatic heterocycles. The molecule has 0 amide bonds. The molecule has 0 saturated heterocycles. The van der Waals surface area contributed by atoms with Crippen LogP contribution in [0.1, 0.15) is 69.5 Å². The van der Waals surface area contributed by atoms with Crippen molar-refractivity contribution in [3.63, 3.8) is 0 Å². The topological polar surface area (TPSA) is 51.9 Å². The van der Waals surface area contributed by atoms with Gasteiger partial charge in [0.05, 0.1) is 44.5 Å². The van der Waals surface area contributed by atoms with Gasteiger partial charge in [0.2, 0.25) is 0 Å². The summed E-state index contributed by atoms with van der Waals surface area (Å²) in [7, 11) is 0. The predicted molar refractivity (Wildman–Crippen MR) is 502 cm³/mol. The van der Waals surface area contributed by atoms with Gasteiger partial charge in [-0.15, -0.1) is 0 Å². The van der Waals surface area contributed by atoms with Crippen molar-refractivity contribution in [2.45, 2.75) is 30.1 Å². The van der Waals surface area contributed by atoms with Crippen molar-refractivity contribution in [3.8, 4) is 112 Å². The van der Waals surface area contributed by atoms with Crippen LogP contribution in [0.3, 0.4) is 0 Å². The minimum atomic E-state index is -0.398. The van der Waals surface area contributed by atoms with E-state index in [9.17, 15) is 0 Å². The molecule has 6 heterocycles. The van der Waals surface area contributed by atoms with Crippen LogP contribution in [0.15, 0.2) is 437 Å². The van der Waals surface area contributed by atoms with Gasteiger partial charge in [-0.2, -0.15) is 15.3 Å². The molecule has 4 aliphatic carbocycles. The number of nitrogens with zero attached hydrogens (tertiary/aromatic N) is 6. The van der Waals surface area contributed by atoms with E-state index in [-0.39, 0.29) is 10.8 Å². The summed E-state index contributed by atoms with van der Waals surface area (Å²) in [6.45, 7) is 4.66. The maximum absolute atomic E-state index is 4.91. The summed E-state index contributed by atoms with van der Waals surface area (Å²) in [5, 5.41) is 21.9. The third-order valence-corrected chi connectivity index (χ3v) is 26.6. The van der Waals surface area contributed by atoms with Crippen LogP contribution < -0.4 is 0 Å². The fraction of sp³-hybridized carbons (Fsp3) is 0.0431. The summed E-state index contributed by atoms with van der Waals surface area (Å²) in [6, 6.07) is 152. The lowest BCUT2D eigenvalue weighted by Gasteiger charge is -2.34. The van der Waals surface area contributed by atoms with E-state index in [1.165, 1.54) is 166 Å². The van der Waals surface area contributed by atoms with Gasteiger partial charge in [-0.05, 0) is 204 Å². The minimum absolute atomic E-state index is 0.0158. The van der Waals surface area contributed by atoms with Crippen LogP contribution in [-0.4, -0.2) is 28.8 Å². The lowest BCUT2D eigenvalue weighted by Crippen LogP contribution is -2.28. The molecule has 6 nitrogen and oxygen atoms in total. The van der Waals surface area contributed by atoms with E-state index in [1.54, 1.807) is 0 Å². The van der Waals surface area contributed by atoms with Gasteiger partial charge in [0.25, 0.3) is 0 Å². The Balaban J connectivity index is 0.000000104. The molecular formula is C116H78N6. The SMILES string of the molecule is CC1(C)c2ccccc2-c2ccc(-c3ccc(-c4cc5cc6ccccc6cn5n4)cc3)cc21.c1ccc(C2(c3ccccc3)c3ccccc3-c3ccc(-c4ccc(-c5cc6cc7ccccc7cn6n5)cc4)cc32)cc1.c1ccc2c(c1)-c1ccccc1C21c2ccccc2-c2ccc(-c3ccc(-c4cc5cc6ccccc6cn5n4)cc3)cc21. The van der Waals surface area contributed by atoms with Crippen molar-refractivity contribution >= 4 is 48.9 Å². The third-order valence-electron chi connectivity index (χ3n) is 26.6. The third kappa shape index (κ3) is 11.1.